The van der Waals surface area contributed by atoms with Crippen LogP contribution >= 0.6 is 0 Å². The van der Waals surface area contributed by atoms with E-state index in [0.717, 1.165) is 36.6 Å². The van der Waals surface area contributed by atoms with E-state index in [1.165, 1.54) is 6.08 Å². The highest BCUT2D eigenvalue weighted by Crippen LogP contribution is 2.46. The molecule has 2 aliphatic rings. The predicted molar refractivity (Wildman–Crippen MR) is 110 cm³/mol. The predicted octanol–water partition coefficient (Wildman–Crippen LogP) is 1.79. The number of carbonyl (C=O) groups is 2. The van der Waals surface area contributed by atoms with E-state index in [4.69, 9.17) is 9.15 Å². The molecule has 1 atom stereocenters. The van der Waals surface area contributed by atoms with Crippen molar-refractivity contribution in [1.82, 2.24) is 10.2 Å². The molecule has 158 valence electrons. The van der Waals surface area contributed by atoms with E-state index in [1.54, 1.807) is 11.2 Å². The number of hydrogen-bond donors (Lipinski definition) is 3. The molecule has 1 unspecified atom stereocenters. The summed E-state index contributed by atoms with van der Waals surface area (Å²) in [5.74, 6) is -1.11. The van der Waals surface area contributed by atoms with Crippen LogP contribution in [0.15, 0.2) is 47.6 Å². The van der Waals surface area contributed by atoms with Crippen LogP contribution in [-0.4, -0.2) is 58.2 Å². The quantitative estimate of drug-likeness (QED) is 0.472. The maximum absolute atomic E-state index is 12.4. The van der Waals surface area contributed by atoms with Crippen molar-refractivity contribution < 1.29 is 28.8 Å². The lowest BCUT2D eigenvalue weighted by Gasteiger charge is -2.33. The highest BCUT2D eigenvalue weighted by atomic mass is 16.6. The summed E-state index contributed by atoms with van der Waals surface area (Å²) in [4.78, 5) is 26.5. The average molecular weight is 412 g/mol. The Bertz CT molecular complexity index is 950. The molecule has 2 aromatic rings. The number of fused-ring (bicyclic) bond motifs is 3. The van der Waals surface area contributed by atoms with Gasteiger partial charge < -0.3 is 29.4 Å². The lowest BCUT2D eigenvalue weighted by Crippen LogP contribution is -2.51. The average Bonchev–Trinajstić information content (AvgIpc) is 3.43. The molecule has 2 aliphatic heterocycles. The summed E-state index contributed by atoms with van der Waals surface area (Å²) in [5.41, 5.74) is 0.936. The largest absolute Gasteiger partial charge is 0.475 e. The highest BCUT2D eigenvalue weighted by molar-refractivity contribution is 6.43. The molecule has 1 aromatic heterocycles. The molecule has 1 aromatic carbocycles. The lowest BCUT2D eigenvalue weighted by molar-refractivity contribution is -0.131. The summed E-state index contributed by atoms with van der Waals surface area (Å²) in [7, 11) is -1.77. The SMILES string of the molecule is C=CC(=O)N1C2CCC1(COC(=O)NC(Cc1coc3ccccc13)B(O)O)CC2. The van der Waals surface area contributed by atoms with Gasteiger partial charge >= 0.3 is 13.2 Å². The van der Waals surface area contributed by atoms with Crippen LogP contribution in [0.5, 0.6) is 0 Å². The van der Waals surface area contributed by atoms with E-state index in [2.05, 4.69) is 11.9 Å². The Morgan fingerprint density at radius 1 is 1.37 bits per heavy atom. The summed E-state index contributed by atoms with van der Waals surface area (Å²) in [6.07, 6.45) is 5.57. The van der Waals surface area contributed by atoms with E-state index >= 15 is 0 Å². The Morgan fingerprint density at radius 2 is 2.10 bits per heavy atom. The molecule has 2 bridgehead atoms. The first kappa shape index (κ1) is 20.5. The standard InChI is InChI=1S/C21H25BN2O6/c1-2-19(25)24-15-7-9-21(24,10-8-15)13-30-20(26)23-18(22(27)28)11-14-12-29-17-6-4-3-5-16(14)17/h2-6,12,15,18,27-28H,1,7-11,13H2,(H,23,26). The lowest BCUT2D eigenvalue weighted by atomic mass is 9.76. The van der Waals surface area contributed by atoms with Crippen molar-refractivity contribution >= 4 is 30.1 Å². The summed E-state index contributed by atoms with van der Waals surface area (Å²) in [5, 5.41) is 22.9. The van der Waals surface area contributed by atoms with E-state index in [9.17, 15) is 19.6 Å². The number of rotatable bonds is 7. The molecule has 9 heteroatoms. The Kier molecular flexibility index (Phi) is 5.57. The summed E-state index contributed by atoms with van der Waals surface area (Å²) in [6, 6.07) is 7.56. The first-order valence-corrected chi connectivity index (χ1v) is 10.1. The Labute approximate surface area is 174 Å². The van der Waals surface area contributed by atoms with Crippen LogP contribution in [0.25, 0.3) is 11.0 Å². The van der Waals surface area contributed by atoms with Gasteiger partial charge in [0.05, 0.1) is 17.7 Å². The van der Waals surface area contributed by atoms with Crippen molar-refractivity contribution in [2.45, 2.75) is 49.6 Å². The van der Waals surface area contributed by atoms with Crippen LogP contribution in [0.3, 0.4) is 0 Å². The van der Waals surface area contributed by atoms with E-state index < -0.39 is 24.7 Å². The van der Waals surface area contributed by atoms with Crippen LogP contribution in [0.1, 0.15) is 31.2 Å². The molecule has 2 amide bonds. The Balaban J connectivity index is 1.39. The number of alkyl carbamates (subject to hydrolysis) is 1. The fourth-order valence-electron chi connectivity index (χ4n) is 4.80. The van der Waals surface area contributed by atoms with Crippen LogP contribution in [0, 0.1) is 0 Å². The third-order valence-electron chi connectivity index (χ3n) is 6.31. The van der Waals surface area contributed by atoms with E-state index in [0.29, 0.717) is 5.58 Å². The molecule has 0 spiro atoms. The molecule has 0 aliphatic carbocycles. The molecular formula is C21H25BN2O6. The van der Waals surface area contributed by atoms with Gasteiger partial charge in [-0.15, -0.1) is 0 Å². The van der Waals surface area contributed by atoms with E-state index in [1.807, 2.05) is 24.3 Å². The van der Waals surface area contributed by atoms with Gasteiger partial charge in [0, 0.05) is 11.4 Å². The third kappa shape index (κ3) is 3.70. The zero-order chi connectivity index (χ0) is 21.3. The number of amides is 2. The molecule has 0 saturated carbocycles. The maximum Gasteiger partial charge on any atom is 0.475 e. The van der Waals surface area contributed by atoms with Gasteiger partial charge in [0.2, 0.25) is 5.91 Å². The number of benzene rings is 1. The Hall–Kier alpha value is -2.78. The van der Waals surface area contributed by atoms with Crippen molar-refractivity contribution in [3.63, 3.8) is 0 Å². The van der Waals surface area contributed by atoms with Crippen LogP contribution < -0.4 is 5.32 Å². The van der Waals surface area contributed by atoms with Crippen molar-refractivity contribution in [3.8, 4) is 0 Å². The van der Waals surface area contributed by atoms with Crippen LogP contribution in [0.2, 0.25) is 0 Å². The zero-order valence-electron chi connectivity index (χ0n) is 16.6. The minimum atomic E-state index is -1.77. The summed E-state index contributed by atoms with van der Waals surface area (Å²) >= 11 is 0. The van der Waals surface area contributed by atoms with Gasteiger partial charge in [0.1, 0.15) is 12.2 Å². The van der Waals surface area contributed by atoms with Gasteiger partial charge in [0.15, 0.2) is 0 Å². The summed E-state index contributed by atoms with van der Waals surface area (Å²) in [6.45, 7) is 3.64. The number of furan rings is 1. The highest BCUT2D eigenvalue weighted by Gasteiger charge is 2.54. The number of ether oxygens (including phenoxy) is 1. The van der Waals surface area contributed by atoms with Crippen LogP contribution in [0.4, 0.5) is 4.79 Å². The first-order chi connectivity index (χ1) is 14.4. The Morgan fingerprint density at radius 3 is 2.80 bits per heavy atom. The van der Waals surface area contributed by atoms with Crippen LogP contribution in [-0.2, 0) is 16.0 Å². The molecule has 4 rings (SSSR count). The fraction of sp³-hybridized carbons (Fsp3) is 0.429. The smallest absolute Gasteiger partial charge is 0.464 e. The molecule has 3 heterocycles. The third-order valence-corrected chi connectivity index (χ3v) is 6.31. The zero-order valence-corrected chi connectivity index (χ0v) is 16.6. The molecule has 0 radical (unpaired) electrons. The molecule has 2 saturated heterocycles. The molecular weight excluding hydrogens is 387 g/mol. The van der Waals surface area contributed by atoms with Gasteiger partial charge in [0.25, 0.3) is 0 Å². The van der Waals surface area contributed by atoms with Crippen molar-refractivity contribution in [1.29, 1.82) is 0 Å². The number of carbonyl (C=O) groups excluding carboxylic acids is 2. The second-order valence-electron chi connectivity index (χ2n) is 8.07. The van der Waals surface area contributed by atoms with Crippen molar-refractivity contribution in [2.24, 2.45) is 0 Å². The number of nitrogens with zero attached hydrogens (tertiary/aromatic N) is 1. The first-order valence-electron chi connectivity index (χ1n) is 10.1. The second-order valence-corrected chi connectivity index (χ2v) is 8.07. The molecule has 2 fully saturated rings. The fourth-order valence-corrected chi connectivity index (χ4v) is 4.80. The van der Waals surface area contributed by atoms with Crippen molar-refractivity contribution in [3.05, 3.63) is 48.7 Å². The molecule has 30 heavy (non-hydrogen) atoms. The molecule has 8 nitrogen and oxygen atoms in total. The van der Waals surface area contributed by atoms with Gasteiger partial charge in [-0.05, 0) is 49.8 Å². The van der Waals surface area contributed by atoms with Gasteiger partial charge in [-0.25, -0.2) is 4.79 Å². The normalized spacial score (nSPS) is 23.4. The summed E-state index contributed by atoms with van der Waals surface area (Å²) < 4.78 is 10.9. The number of para-hydroxylation sites is 1. The van der Waals surface area contributed by atoms with Gasteiger partial charge in [-0.3, -0.25) is 4.79 Å². The van der Waals surface area contributed by atoms with Gasteiger partial charge in [-0.1, -0.05) is 24.8 Å². The van der Waals surface area contributed by atoms with Gasteiger partial charge in [-0.2, -0.15) is 0 Å². The number of nitrogens with one attached hydrogen (secondary N) is 1. The monoisotopic (exact) mass is 412 g/mol. The minimum Gasteiger partial charge on any atom is -0.464 e. The topological polar surface area (TPSA) is 112 Å². The second kappa shape index (κ2) is 8.16. The maximum atomic E-state index is 12.4. The molecule has 3 N–H and O–H groups in total. The minimum absolute atomic E-state index is 0.0673. The van der Waals surface area contributed by atoms with Crippen molar-refractivity contribution in [2.75, 3.05) is 6.61 Å². The van der Waals surface area contributed by atoms with E-state index in [-0.39, 0.29) is 25.0 Å². The number of hydrogen-bond acceptors (Lipinski definition) is 6.